The van der Waals surface area contributed by atoms with E-state index < -0.39 is 11.8 Å². The molecule has 0 aliphatic heterocycles. The summed E-state index contributed by atoms with van der Waals surface area (Å²) in [7, 11) is 0. The standard InChI is InChI=1S/C10H7NO4/c12-10(8-4-2-6-15-8)9(11-13)7-3-1-5-14-7/h1-6,9H. The van der Waals surface area contributed by atoms with Gasteiger partial charge in [0.2, 0.25) is 11.8 Å². The van der Waals surface area contributed by atoms with Crippen LogP contribution in [0.5, 0.6) is 0 Å². The number of ketones is 1. The molecule has 15 heavy (non-hydrogen) atoms. The summed E-state index contributed by atoms with van der Waals surface area (Å²) in [5.74, 6) is -0.202. The first-order valence-corrected chi connectivity index (χ1v) is 4.26. The van der Waals surface area contributed by atoms with E-state index >= 15 is 0 Å². The van der Waals surface area contributed by atoms with Crippen LogP contribution in [0.25, 0.3) is 0 Å². The quantitative estimate of drug-likeness (QED) is 0.567. The second-order valence-corrected chi connectivity index (χ2v) is 2.86. The maximum absolute atomic E-state index is 11.7. The predicted octanol–water partition coefficient (Wildman–Crippen LogP) is 2.56. The number of hydrogen-bond acceptors (Lipinski definition) is 5. The fourth-order valence-corrected chi connectivity index (χ4v) is 1.23. The van der Waals surface area contributed by atoms with E-state index in [4.69, 9.17) is 8.83 Å². The Hall–Kier alpha value is -2.17. The van der Waals surface area contributed by atoms with Gasteiger partial charge in [-0.05, 0) is 29.4 Å². The molecule has 5 heteroatoms. The third kappa shape index (κ3) is 1.71. The van der Waals surface area contributed by atoms with Crippen LogP contribution < -0.4 is 0 Å². The highest BCUT2D eigenvalue weighted by Crippen LogP contribution is 2.22. The van der Waals surface area contributed by atoms with Gasteiger partial charge in [-0.2, -0.15) is 0 Å². The van der Waals surface area contributed by atoms with E-state index in [1.54, 1.807) is 12.1 Å². The molecule has 0 aliphatic carbocycles. The highest BCUT2D eigenvalue weighted by Gasteiger charge is 2.27. The van der Waals surface area contributed by atoms with Gasteiger partial charge < -0.3 is 8.83 Å². The number of carbonyl (C=O) groups is 1. The molecule has 0 radical (unpaired) electrons. The monoisotopic (exact) mass is 205 g/mol. The van der Waals surface area contributed by atoms with Crippen LogP contribution in [0, 0.1) is 4.91 Å². The minimum atomic E-state index is -1.17. The Morgan fingerprint density at radius 3 is 2.47 bits per heavy atom. The van der Waals surface area contributed by atoms with Gasteiger partial charge in [-0.25, -0.2) is 0 Å². The number of Topliss-reactive ketones (excluding diaryl/α,β-unsaturated/α-hetero) is 1. The van der Waals surface area contributed by atoms with E-state index in [1.165, 1.54) is 24.7 Å². The zero-order valence-electron chi connectivity index (χ0n) is 7.62. The maximum atomic E-state index is 11.7. The number of rotatable bonds is 4. The van der Waals surface area contributed by atoms with Crippen molar-refractivity contribution in [2.75, 3.05) is 0 Å². The van der Waals surface area contributed by atoms with Crippen molar-refractivity contribution in [3.63, 3.8) is 0 Å². The molecule has 0 N–H and O–H groups in total. The smallest absolute Gasteiger partial charge is 0.233 e. The molecule has 5 nitrogen and oxygen atoms in total. The molecule has 0 aromatic carbocycles. The van der Waals surface area contributed by atoms with Crippen LogP contribution in [0.3, 0.4) is 0 Å². The highest BCUT2D eigenvalue weighted by molar-refractivity contribution is 5.98. The molecule has 0 amide bonds. The second-order valence-electron chi connectivity index (χ2n) is 2.86. The molecule has 0 saturated heterocycles. The molecule has 0 spiro atoms. The lowest BCUT2D eigenvalue weighted by molar-refractivity contribution is 0.0925. The minimum Gasteiger partial charge on any atom is -0.466 e. The van der Waals surface area contributed by atoms with Crippen LogP contribution in [0.4, 0.5) is 0 Å². The Morgan fingerprint density at radius 1 is 1.20 bits per heavy atom. The normalized spacial score (nSPS) is 12.3. The predicted molar refractivity (Wildman–Crippen MR) is 50.3 cm³/mol. The number of nitroso groups, excluding NO2 is 1. The van der Waals surface area contributed by atoms with Crippen molar-refractivity contribution in [3.8, 4) is 0 Å². The van der Waals surface area contributed by atoms with Crippen LogP contribution in [0.15, 0.2) is 50.8 Å². The summed E-state index contributed by atoms with van der Waals surface area (Å²) in [6, 6.07) is 4.97. The van der Waals surface area contributed by atoms with Crippen molar-refractivity contribution in [2.24, 2.45) is 5.18 Å². The fraction of sp³-hybridized carbons (Fsp3) is 0.100. The van der Waals surface area contributed by atoms with Gasteiger partial charge in [-0.15, -0.1) is 4.91 Å². The first-order valence-electron chi connectivity index (χ1n) is 4.26. The van der Waals surface area contributed by atoms with E-state index in [0.717, 1.165) is 0 Å². The van der Waals surface area contributed by atoms with Crippen LogP contribution in [-0.4, -0.2) is 5.78 Å². The molecular weight excluding hydrogens is 198 g/mol. The third-order valence-electron chi connectivity index (χ3n) is 1.93. The summed E-state index contributed by atoms with van der Waals surface area (Å²) in [6.07, 6.45) is 2.74. The Morgan fingerprint density at radius 2 is 1.93 bits per heavy atom. The Bertz CT molecular complexity index is 444. The molecule has 2 aromatic heterocycles. The zero-order chi connectivity index (χ0) is 10.7. The molecule has 1 atom stereocenters. The Kier molecular flexibility index (Phi) is 2.45. The molecule has 2 heterocycles. The molecule has 76 valence electrons. The second kappa shape index (κ2) is 3.91. The number of carbonyl (C=O) groups excluding carboxylic acids is 1. The van der Waals surface area contributed by atoms with E-state index in [2.05, 4.69) is 5.18 Å². The molecule has 0 saturated carbocycles. The molecule has 2 rings (SSSR count). The third-order valence-corrected chi connectivity index (χ3v) is 1.93. The average Bonchev–Trinajstić information content (AvgIpc) is 2.91. The SMILES string of the molecule is O=NC(C(=O)c1ccco1)c1ccco1. The van der Waals surface area contributed by atoms with Gasteiger partial charge in [-0.3, -0.25) is 4.79 Å². The summed E-state index contributed by atoms with van der Waals surface area (Å²) in [6.45, 7) is 0. The van der Waals surface area contributed by atoms with E-state index in [-0.39, 0.29) is 11.5 Å². The van der Waals surface area contributed by atoms with Crippen molar-refractivity contribution in [3.05, 3.63) is 53.2 Å². The average molecular weight is 205 g/mol. The molecule has 1 unspecified atom stereocenters. The topological polar surface area (TPSA) is 72.8 Å². The van der Waals surface area contributed by atoms with Gasteiger partial charge in [0.05, 0.1) is 12.5 Å². The lowest BCUT2D eigenvalue weighted by Gasteiger charge is -2.01. The van der Waals surface area contributed by atoms with E-state index in [0.29, 0.717) is 0 Å². The summed E-state index contributed by atoms with van der Waals surface area (Å²) in [5.41, 5.74) is 0. The summed E-state index contributed by atoms with van der Waals surface area (Å²) in [4.78, 5) is 22.3. The maximum Gasteiger partial charge on any atom is 0.233 e. The lowest BCUT2D eigenvalue weighted by atomic mass is 10.1. The van der Waals surface area contributed by atoms with Crippen LogP contribution in [-0.2, 0) is 0 Å². The number of hydrogen-bond donors (Lipinski definition) is 0. The molecule has 2 aromatic rings. The lowest BCUT2D eigenvalue weighted by Crippen LogP contribution is -2.08. The van der Waals surface area contributed by atoms with Gasteiger partial charge >= 0.3 is 0 Å². The van der Waals surface area contributed by atoms with Crippen molar-refractivity contribution in [2.45, 2.75) is 6.04 Å². The Labute approximate surface area is 84.7 Å². The van der Waals surface area contributed by atoms with Crippen LogP contribution in [0.1, 0.15) is 22.4 Å². The number of nitrogens with zero attached hydrogens (tertiary/aromatic N) is 1. The van der Waals surface area contributed by atoms with Crippen molar-refractivity contribution < 1.29 is 13.6 Å². The van der Waals surface area contributed by atoms with Crippen LogP contribution >= 0.6 is 0 Å². The number of furan rings is 2. The molecule has 0 aliphatic rings. The highest BCUT2D eigenvalue weighted by atomic mass is 16.3. The van der Waals surface area contributed by atoms with Gasteiger partial charge in [0, 0.05) is 0 Å². The summed E-state index contributed by atoms with van der Waals surface area (Å²) >= 11 is 0. The summed E-state index contributed by atoms with van der Waals surface area (Å²) < 4.78 is 9.84. The van der Waals surface area contributed by atoms with E-state index in [9.17, 15) is 9.70 Å². The van der Waals surface area contributed by atoms with Gasteiger partial charge in [-0.1, -0.05) is 0 Å². The van der Waals surface area contributed by atoms with Crippen molar-refractivity contribution >= 4 is 5.78 Å². The first kappa shape index (κ1) is 9.39. The summed E-state index contributed by atoms with van der Waals surface area (Å²) in [5, 5.41) is 2.73. The molecular formula is C10H7NO4. The van der Waals surface area contributed by atoms with Crippen molar-refractivity contribution in [1.29, 1.82) is 0 Å². The van der Waals surface area contributed by atoms with Gasteiger partial charge in [0.25, 0.3) is 0 Å². The molecule has 0 bridgehead atoms. The zero-order valence-corrected chi connectivity index (χ0v) is 7.62. The minimum absolute atomic E-state index is 0.0935. The van der Waals surface area contributed by atoms with Crippen LogP contribution in [0.2, 0.25) is 0 Å². The largest absolute Gasteiger partial charge is 0.466 e. The fourth-order valence-electron chi connectivity index (χ4n) is 1.23. The van der Waals surface area contributed by atoms with Gasteiger partial charge in [0.15, 0.2) is 5.76 Å². The van der Waals surface area contributed by atoms with Gasteiger partial charge in [0.1, 0.15) is 5.76 Å². The molecule has 0 fully saturated rings. The van der Waals surface area contributed by atoms with E-state index in [1.807, 2.05) is 0 Å². The first-order chi connectivity index (χ1) is 7.33. The van der Waals surface area contributed by atoms with Crippen molar-refractivity contribution in [1.82, 2.24) is 0 Å². The Balaban J connectivity index is 2.29.